The van der Waals surface area contributed by atoms with E-state index in [1.165, 1.54) is 4.90 Å². The van der Waals surface area contributed by atoms with Crippen LogP contribution in [0.3, 0.4) is 0 Å². The predicted molar refractivity (Wildman–Crippen MR) is 37.5 cm³/mol. The van der Waals surface area contributed by atoms with Crippen molar-refractivity contribution < 1.29 is 10.2 Å². The molecule has 1 rings (SSSR count). The van der Waals surface area contributed by atoms with E-state index >= 15 is 0 Å². The van der Waals surface area contributed by atoms with Crippen molar-refractivity contribution in [3.63, 3.8) is 0 Å². The van der Waals surface area contributed by atoms with Gasteiger partial charge in [0.15, 0.2) is 0 Å². The Morgan fingerprint density at radius 2 is 1.82 bits per heavy atom. The van der Waals surface area contributed by atoms with Crippen LogP contribution >= 0.6 is 0 Å². The highest BCUT2D eigenvalue weighted by atomic mass is 16.3. The molecule has 0 atom stereocenters. The third-order valence-electron chi connectivity index (χ3n) is 1.13. The molecule has 6 heteroatoms. The zero-order valence-electron chi connectivity index (χ0n) is 6.18. The van der Waals surface area contributed by atoms with Gasteiger partial charge >= 0.3 is 0 Å². The van der Waals surface area contributed by atoms with Crippen molar-refractivity contribution in [3.8, 4) is 11.6 Å². The van der Waals surface area contributed by atoms with Crippen LogP contribution in [0.2, 0.25) is 0 Å². The number of rotatable bonds is 1. The Kier molecular flexibility index (Phi) is 1.75. The molecule has 0 aliphatic heterocycles. The molecular formula is C5H8N4O2. The lowest BCUT2D eigenvalue weighted by Gasteiger charge is -2.10. The third kappa shape index (κ3) is 1.28. The predicted octanol–water partition coefficient (Wildman–Crippen LogP) is -0.651. The maximum absolute atomic E-state index is 9.11. The highest BCUT2D eigenvalue weighted by Gasteiger charge is 2.10. The van der Waals surface area contributed by atoms with Crippen LogP contribution in [0.1, 0.15) is 0 Å². The lowest BCUT2D eigenvalue weighted by molar-refractivity contribution is 0.377. The quantitative estimate of drug-likeness (QED) is 0.562. The molecule has 1 aromatic rings. The third-order valence-corrected chi connectivity index (χ3v) is 1.13. The van der Waals surface area contributed by atoms with Crippen molar-refractivity contribution in [2.24, 2.45) is 0 Å². The summed E-state index contributed by atoms with van der Waals surface area (Å²) in [4.78, 5) is 1.52. The SMILES string of the molecule is CN(C)c1nnnc(O)c1O. The van der Waals surface area contributed by atoms with Crippen molar-refractivity contribution >= 4 is 5.82 Å². The molecule has 0 spiro atoms. The van der Waals surface area contributed by atoms with E-state index in [2.05, 4.69) is 15.4 Å². The number of anilines is 1. The number of nitrogens with zero attached hydrogens (tertiary/aromatic N) is 4. The second-order valence-electron chi connectivity index (χ2n) is 2.18. The molecule has 0 bridgehead atoms. The van der Waals surface area contributed by atoms with E-state index in [1.807, 2.05) is 0 Å². The van der Waals surface area contributed by atoms with Crippen LogP contribution in [-0.2, 0) is 0 Å². The van der Waals surface area contributed by atoms with Crippen molar-refractivity contribution in [2.75, 3.05) is 19.0 Å². The first-order valence-electron chi connectivity index (χ1n) is 2.91. The average molecular weight is 156 g/mol. The molecule has 1 heterocycles. The summed E-state index contributed by atoms with van der Waals surface area (Å²) in [6, 6.07) is 0. The number of aromatic nitrogens is 3. The summed E-state index contributed by atoms with van der Waals surface area (Å²) in [5.74, 6) is -0.675. The second kappa shape index (κ2) is 2.57. The minimum atomic E-state index is -0.510. The maximum Gasteiger partial charge on any atom is 0.279 e. The highest BCUT2D eigenvalue weighted by Crippen LogP contribution is 2.28. The lowest BCUT2D eigenvalue weighted by Crippen LogP contribution is -2.11. The summed E-state index contributed by atoms with van der Waals surface area (Å²) < 4.78 is 0. The van der Waals surface area contributed by atoms with E-state index in [4.69, 9.17) is 10.2 Å². The van der Waals surface area contributed by atoms with Crippen molar-refractivity contribution in [1.29, 1.82) is 0 Å². The fourth-order valence-corrected chi connectivity index (χ4v) is 0.603. The van der Waals surface area contributed by atoms with E-state index in [0.29, 0.717) is 0 Å². The number of hydrogen-bond donors (Lipinski definition) is 2. The zero-order valence-corrected chi connectivity index (χ0v) is 6.18. The summed E-state index contributed by atoms with van der Waals surface area (Å²) in [5, 5.41) is 27.8. The molecule has 2 N–H and O–H groups in total. The van der Waals surface area contributed by atoms with Gasteiger partial charge < -0.3 is 15.1 Å². The minimum absolute atomic E-state index is 0.192. The Balaban J connectivity index is 3.17. The van der Waals surface area contributed by atoms with Crippen LogP contribution in [0.25, 0.3) is 0 Å². The topological polar surface area (TPSA) is 82.4 Å². The molecule has 1 aromatic heterocycles. The van der Waals surface area contributed by atoms with Gasteiger partial charge in [-0.05, 0) is 5.21 Å². The summed E-state index contributed by atoms with van der Waals surface area (Å²) in [7, 11) is 3.34. The first kappa shape index (κ1) is 7.52. The monoisotopic (exact) mass is 156 g/mol. The molecule has 11 heavy (non-hydrogen) atoms. The van der Waals surface area contributed by atoms with Crippen LogP contribution in [-0.4, -0.2) is 39.7 Å². The molecule has 0 aliphatic carbocycles. The first-order chi connectivity index (χ1) is 5.13. The van der Waals surface area contributed by atoms with Crippen LogP contribution in [0.4, 0.5) is 5.82 Å². The van der Waals surface area contributed by atoms with Crippen LogP contribution in [0.15, 0.2) is 0 Å². The Morgan fingerprint density at radius 1 is 1.18 bits per heavy atom. The molecule has 0 aliphatic rings. The Morgan fingerprint density at radius 3 is 2.27 bits per heavy atom. The molecular weight excluding hydrogens is 148 g/mol. The number of hydrogen-bond acceptors (Lipinski definition) is 6. The molecule has 0 radical (unpaired) electrons. The standard InChI is InChI=1S/C5H8N4O2/c1-9(2)4-3(10)5(11)7-8-6-4/h1-2H3,(H,8,10)(H,6,7,11). The Bertz CT molecular complexity index is 263. The fraction of sp³-hybridized carbons (Fsp3) is 0.400. The smallest absolute Gasteiger partial charge is 0.279 e. The molecule has 60 valence electrons. The maximum atomic E-state index is 9.11. The average Bonchev–Trinajstić information content (AvgIpc) is 1.94. The minimum Gasteiger partial charge on any atom is -0.500 e. The van der Waals surface area contributed by atoms with Gasteiger partial charge in [-0.15, -0.1) is 5.10 Å². The highest BCUT2D eigenvalue weighted by molar-refractivity contribution is 5.53. The molecule has 0 fully saturated rings. The van der Waals surface area contributed by atoms with Gasteiger partial charge in [0.1, 0.15) is 0 Å². The molecule has 0 saturated carbocycles. The van der Waals surface area contributed by atoms with Crippen molar-refractivity contribution in [3.05, 3.63) is 0 Å². The summed E-state index contributed by atoms with van der Waals surface area (Å²) >= 11 is 0. The van der Waals surface area contributed by atoms with E-state index in [9.17, 15) is 0 Å². The van der Waals surface area contributed by atoms with Gasteiger partial charge in [-0.2, -0.15) is 0 Å². The summed E-state index contributed by atoms with van der Waals surface area (Å²) in [5.41, 5.74) is 0. The van der Waals surface area contributed by atoms with Crippen LogP contribution < -0.4 is 4.90 Å². The van der Waals surface area contributed by atoms with Gasteiger partial charge in [-0.3, -0.25) is 0 Å². The largest absolute Gasteiger partial charge is 0.500 e. The van der Waals surface area contributed by atoms with E-state index in [-0.39, 0.29) is 11.6 Å². The lowest BCUT2D eigenvalue weighted by atomic mass is 10.5. The normalized spacial score (nSPS) is 9.64. The van der Waals surface area contributed by atoms with Crippen LogP contribution in [0, 0.1) is 0 Å². The molecule has 0 aromatic carbocycles. The summed E-state index contributed by atoms with van der Waals surface area (Å²) in [6.07, 6.45) is 0. The van der Waals surface area contributed by atoms with Gasteiger partial charge in [0.25, 0.3) is 5.88 Å². The Labute approximate surface area is 63.1 Å². The van der Waals surface area contributed by atoms with Gasteiger partial charge in [-0.1, -0.05) is 5.10 Å². The van der Waals surface area contributed by atoms with E-state index < -0.39 is 5.88 Å². The zero-order chi connectivity index (χ0) is 8.43. The fourth-order valence-electron chi connectivity index (χ4n) is 0.603. The molecule has 0 unspecified atom stereocenters. The van der Waals surface area contributed by atoms with Crippen LogP contribution in [0.5, 0.6) is 11.6 Å². The van der Waals surface area contributed by atoms with Crippen molar-refractivity contribution in [2.45, 2.75) is 0 Å². The number of aromatic hydroxyl groups is 2. The molecule has 0 saturated heterocycles. The van der Waals surface area contributed by atoms with Gasteiger partial charge in [0.05, 0.1) is 0 Å². The summed E-state index contributed by atoms with van der Waals surface area (Å²) in [6.45, 7) is 0. The second-order valence-corrected chi connectivity index (χ2v) is 2.18. The van der Waals surface area contributed by atoms with Crippen molar-refractivity contribution in [1.82, 2.24) is 15.4 Å². The van der Waals surface area contributed by atoms with Gasteiger partial charge in [0, 0.05) is 14.1 Å². The Hall–Kier alpha value is -1.59. The first-order valence-corrected chi connectivity index (χ1v) is 2.91. The van der Waals surface area contributed by atoms with E-state index in [0.717, 1.165) is 0 Å². The van der Waals surface area contributed by atoms with E-state index in [1.54, 1.807) is 14.1 Å². The molecule has 0 amide bonds. The van der Waals surface area contributed by atoms with Gasteiger partial charge in [0.2, 0.25) is 11.6 Å². The van der Waals surface area contributed by atoms with Gasteiger partial charge in [-0.25, -0.2) is 0 Å². The molecule has 6 nitrogen and oxygen atoms in total.